The highest BCUT2D eigenvalue weighted by Crippen LogP contribution is 2.06. The second-order valence-electron chi connectivity index (χ2n) is 5.91. The van der Waals surface area contributed by atoms with Crippen LogP contribution in [0.1, 0.15) is 33.5 Å². The normalized spacial score (nSPS) is 9.85. The van der Waals surface area contributed by atoms with Crippen molar-refractivity contribution >= 4 is 5.91 Å². The zero-order valence-electron chi connectivity index (χ0n) is 14.5. The molecule has 3 aromatic rings. The molecule has 0 spiro atoms. The number of hydrogen-bond acceptors (Lipinski definition) is 2. The summed E-state index contributed by atoms with van der Waals surface area (Å²) < 4.78 is 0. The third-order valence-electron chi connectivity index (χ3n) is 3.94. The molecule has 1 aromatic heterocycles. The predicted molar refractivity (Wildman–Crippen MR) is 103 cm³/mol. The van der Waals surface area contributed by atoms with E-state index in [2.05, 4.69) is 34.3 Å². The molecule has 3 heteroatoms. The molecule has 3 nitrogen and oxygen atoms in total. The van der Waals surface area contributed by atoms with Crippen LogP contribution >= 0.6 is 0 Å². The second kappa shape index (κ2) is 9.19. The number of rotatable bonds is 5. The lowest BCUT2D eigenvalue weighted by Gasteiger charge is -2.05. The fourth-order valence-corrected chi connectivity index (χ4v) is 2.54. The zero-order chi connectivity index (χ0) is 18.0. The Kier molecular flexibility index (Phi) is 6.17. The summed E-state index contributed by atoms with van der Waals surface area (Å²) in [5, 5.41) is 2.92. The molecule has 2 aromatic carbocycles. The summed E-state index contributed by atoms with van der Waals surface area (Å²) in [6.07, 6.45) is 5.16. The van der Waals surface area contributed by atoms with Crippen molar-refractivity contribution in [1.82, 2.24) is 10.3 Å². The van der Waals surface area contributed by atoms with Crippen LogP contribution in [0.15, 0.2) is 79.1 Å². The molecular formula is C23H20N2O. The van der Waals surface area contributed by atoms with Crippen molar-refractivity contribution in [2.24, 2.45) is 0 Å². The Labute approximate surface area is 154 Å². The Morgan fingerprint density at radius 1 is 0.923 bits per heavy atom. The van der Waals surface area contributed by atoms with Crippen molar-refractivity contribution in [3.8, 4) is 11.8 Å². The van der Waals surface area contributed by atoms with Gasteiger partial charge in [-0.25, -0.2) is 0 Å². The van der Waals surface area contributed by atoms with Crippen LogP contribution in [0.2, 0.25) is 0 Å². The van der Waals surface area contributed by atoms with Gasteiger partial charge in [-0.05, 0) is 47.9 Å². The van der Waals surface area contributed by atoms with Gasteiger partial charge in [0.2, 0.25) is 0 Å². The zero-order valence-corrected chi connectivity index (χ0v) is 14.5. The fourth-order valence-electron chi connectivity index (χ4n) is 2.54. The molecule has 0 saturated heterocycles. The first-order chi connectivity index (χ1) is 12.8. The predicted octanol–water partition coefficient (Wildman–Crippen LogP) is 4.00. The minimum absolute atomic E-state index is 0.102. The van der Waals surface area contributed by atoms with E-state index in [-0.39, 0.29) is 5.91 Å². The number of nitrogens with one attached hydrogen (secondary N) is 1. The summed E-state index contributed by atoms with van der Waals surface area (Å²) in [6.45, 7) is 0.480. The SMILES string of the molecule is O=C(NCc1ccncc1)c1cccc(C#CCCc2ccccc2)c1. The first-order valence-corrected chi connectivity index (χ1v) is 8.61. The van der Waals surface area contributed by atoms with Gasteiger partial charge >= 0.3 is 0 Å². The number of pyridine rings is 1. The van der Waals surface area contributed by atoms with E-state index in [9.17, 15) is 4.79 Å². The van der Waals surface area contributed by atoms with Gasteiger partial charge in [0.05, 0.1) is 0 Å². The summed E-state index contributed by atoms with van der Waals surface area (Å²) in [4.78, 5) is 16.3. The highest BCUT2D eigenvalue weighted by molar-refractivity contribution is 5.94. The van der Waals surface area contributed by atoms with Crippen molar-refractivity contribution < 1.29 is 4.79 Å². The molecule has 0 saturated carbocycles. The Bertz CT molecular complexity index is 909. The summed E-state index contributed by atoms with van der Waals surface area (Å²) in [7, 11) is 0. The molecule has 26 heavy (non-hydrogen) atoms. The van der Waals surface area contributed by atoms with Gasteiger partial charge in [0.25, 0.3) is 5.91 Å². The molecule has 128 valence electrons. The van der Waals surface area contributed by atoms with Crippen LogP contribution < -0.4 is 5.32 Å². The Hall–Kier alpha value is -3.38. The average molecular weight is 340 g/mol. The van der Waals surface area contributed by atoms with Crippen LogP contribution in [0.3, 0.4) is 0 Å². The molecule has 1 heterocycles. The third kappa shape index (κ3) is 5.32. The molecule has 0 bridgehead atoms. The van der Waals surface area contributed by atoms with Gasteiger partial charge in [-0.15, -0.1) is 0 Å². The first kappa shape index (κ1) is 17.4. The quantitative estimate of drug-likeness (QED) is 0.714. The number of aryl methyl sites for hydroxylation is 1. The summed E-state index contributed by atoms with van der Waals surface area (Å²) in [5.41, 5.74) is 3.78. The molecule has 1 amide bonds. The Balaban J connectivity index is 1.56. The topological polar surface area (TPSA) is 42.0 Å². The minimum atomic E-state index is -0.102. The Morgan fingerprint density at radius 2 is 1.73 bits per heavy atom. The van der Waals surface area contributed by atoms with Crippen molar-refractivity contribution in [3.05, 3.63) is 101 Å². The number of amides is 1. The highest BCUT2D eigenvalue weighted by Gasteiger charge is 2.05. The maximum atomic E-state index is 12.3. The number of nitrogens with zero attached hydrogens (tertiary/aromatic N) is 1. The van der Waals surface area contributed by atoms with Gasteiger partial charge in [0, 0.05) is 36.5 Å². The molecule has 0 aliphatic rings. The smallest absolute Gasteiger partial charge is 0.251 e. The monoisotopic (exact) mass is 340 g/mol. The van der Waals surface area contributed by atoms with E-state index in [1.54, 1.807) is 18.5 Å². The molecule has 0 aliphatic carbocycles. The van der Waals surface area contributed by atoms with E-state index in [1.165, 1.54) is 5.56 Å². The number of aromatic nitrogens is 1. The van der Waals surface area contributed by atoms with Gasteiger partial charge in [0.1, 0.15) is 0 Å². The maximum absolute atomic E-state index is 12.3. The molecular weight excluding hydrogens is 320 g/mol. The van der Waals surface area contributed by atoms with E-state index in [0.717, 1.165) is 24.0 Å². The number of carbonyl (C=O) groups is 1. The molecule has 1 N–H and O–H groups in total. The molecule has 0 aliphatic heterocycles. The van der Waals surface area contributed by atoms with E-state index in [4.69, 9.17) is 0 Å². The van der Waals surface area contributed by atoms with Gasteiger partial charge < -0.3 is 5.32 Å². The first-order valence-electron chi connectivity index (χ1n) is 8.61. The summed E-state index contributed by atoms with van der Waals surface area (Å²) in [5.74, 6) is 6.23. The Morgan fingerprint density at radius 3 is 2.54 bits per heavy atom. The standard InChI is InChI=1S/C23H20N2O/c26-23(25-18-21-13-15-24-16-14-21)22-12-6-11-20(17-22)10-5-4-9-19-7-2-1-3-8-19/h1-3,6-8,11-17H,4,9,18H2,(H,25,26). The van der Waals surface area contributed by atoms with Gasteiger partial charge in [-0.3, -0.25) is 9.78 Å². The lowest BCUT2D eigenvalue weighted by atomic mass is 10.1. The second-order valence-corrected chi connectivity index (χ2v) is 5.91. The van der Waals surface area contributed by atoms with Crippen LogP contribution in [-0.4, -0.2) is 10.9 Å². The molecule has 0 fully saturated rings. The van der Waals surface area contributed by atoms with Crippen molar-refractivity contribution in [1.29, 1.82) is 0 Å². The van der Waals surface area contributed by atoms with Gasteiger partial charge in [-0.1, -0.05) is 48.2 Å². The molecule has 0 radical (unpaired) electrons. The minimum Gasteiger partial charge on any atom is -0.348 e. The lowest BCUT2D eigenvalue weighted by Crippen LogP contribution is -2.22. The van der Waals surface area contributed by atoms with E-state index < -0.39 is 0 Å². The molecule has 0 atom stereocenters. The number of benzene rings is 2. The van der Waals surface area contributed by atoms with Crippen LogP contribution in [0.5, 0.6) is 0 Å². The van der Waals surface area contributed by atoms with Crippen LogP contribution in [0.25, 0.3) is 0 Å². The van der Waals surface area contributed by atoms with Gasteiger partial charge in [-0.2, -0.15) is 0 Å². The van der Waals surface area contributed by atoms with Crippen molar-refractivity contribution in [2.75, 3.05) is 0 Å². The van der Waals surface area contributed by atoms with Crippen molar-refractivity contribution in [2.45, 2.75) is 19.4 Å². The number of hydrogen-bond donors (Lipinski definition) is 1. The molecule has 3 rings (SSSR count). The highest BCUT2D eigenvalue weighted by atomic mass is 16.1. The van der Waals surface area contributed by atoms with E-state index in [0.29, 0.717) is 12.1 Å². The van der Waals surface area contributed by atoms with Crippen LogP contribution in [0, 0.1) is 11.8 Å². The fraction of sp³-hybridized carbons (Fsp3) is 0.130. The van der Waals surface area contributed by atoms with Crippen LogP contribution in [-0.2, 0) is 13.0 Å². The number of carbonyl (C=O) groups excluding carboxylic acids is 1. The third-order valence-corrected chi connectivity index (χ3v) is 3.94. The summed E-state index contributed by atoms with van der Waals surface area (Å²) >= 11 is 0. The average Bonchev–Trinajstić information content (AvgIpc) is 2.71. The van der Waals surface area contributed by atoms with E-state index in [1.807, 2.05) is 48.5 Å². The van der Waals surface area contributed by atoms with Crippen molar-refractivity contribution in [3.63, 3.8) is 0 Å². The largest absolute Gasteiger partial charge is 0.348 e. The van der Waals surface area contributed by atoms with Crippen LogP contribution in [0.4, 0.5) is 0 Å². The van der Waals surface area contributed by atoms with E-state index >= 15 is 0 Å². The lowest BCUT2D eigenvalue weighted by molar-refractivity contribution is 0.0951. The molecule has 0 unspecified atom stereocenters. The van der Waals surface area contributed by atoms with Gasteiger partial charge in [0.15, 0.2) is 0 Å². The summed E-state index contributed by atoms with van der Waals surface area (Å²) in [6, 6.07) is 21.5. The maximum Gasteiger partial charge on any atom is 0.251 e.